The molecule has 2 fully saturated rings. The van der Waals surface area contributed by atoms with Crippen molar-refractivity contribution >= 4 is 11.8 Å². The SMILES string of the molecule is C=CC(=O)N1CC2CCC(NC(=O)[C@H](CC)N(C)C)CC2C1. The van der Waals surface area contributed by atoms with Crippen molar-refractivity contribution in [3.05, 3.63) is 12.7 Å². The van der Waals surface area contributed by atoms with Crippen molar-refractivity contribution in [2.75, 3.05) is 27.2 Å². The fourth-order valence-electron chi connectivity index (χ4n) is 3.95. The van der Waals surface area contributed by atoms with Crippen molar-refractivity contribution < 1.29 is 9.59 Å². The smallest absolute Gasteiger partial charge is 0.245 e. The van der Waals surface area contributed by atoms with Gasteiger partial charge < -0.3 is 10.2 Å². The quantitative estimate of drug-likeness (QED) is 0.778. The second-order valence-corrected chi connectivity index (χ2v) is 6.87. The number of fused-ring (bicyclic) bond motifs is 1. The lowest BCUT2D eigenvalue weighted by Gasteiger charge is -2.33. The first-order valence-electron chi connectivity index (χ1n) is 8.34. The average Bonchev–Trinajstić information content (AvgIpc) is 2.89. The Morgan fingerprint density at radius 3 is 2.59 bits per heavy atom. The summed E-state index contributed by atoms with van der Waals surface area (Å²) in [5, 5.41) is 3.22. The normalized spacial score (nSPS) is 29.1. The van der Waals surface area contributed by atoms with Crippen LogP contribution in [-0.4, -0.2) is 60.9 Å². The minimum atomic E-state index is -0.0554. The molecule has 1 aliphatic heterocycles. The topological polar surface area (TPSA) is 52.7 Å². The minimum absolute atomic E-state index is 0.0358. The molecule has 2 amide bonds. The van der Waals surface area contributed by atoms with Gasteiger partial charge in [-0.05, 0) is 57.7 Å². The number of nitrogens with one attached hydrogen (secondary N) is 1. The first-order valence-corrected chi connectivity index (χ1v) is 8.34. The lowest BCUT2D eigenvalue weighted by atomic mass is 9.79. The zero-order chi connectivity index (χ0) is 16.3. The van der Waals surface area contributed by atoms with Gasteiger partial charge >= 0.3 is 0 Å². The van der Waals surface area contributed by atoms with Gasteiger partial charge in [0.1, 0.15) is 0 Å². The third-order valence-corrected chi connectivity index (χ3v) is 5.20. The van der Waals surface area contributed by atoms with E-state index in [9.17, 15) is 9.59 Å². The van der Waals surface area contributed by atoms with E-state index in [0.29, 0.717) is 11.8 Å². The molecular weight excluding hydrogens is 278 g/mol. The van der Waals surface area contributed by atoms with Gasteiger partial charge in [-0.3, -0.25) is 14.5 Å². The predicted octanol–water partition coefficient (Wildman–Crippen LogP) is 1.26. The molecule has 0 radical (unpaired) electrons. The van der Waals surface area contributed by atoms with Crippen molar-refractivity contribution in [2.45, 2.75) is 44.7 Å². The summed E-state index contributed by atoms with van der Waals surface area (Å²) in [6.45, 7) is 7.27. The Kier molecular flexibility index (Phi) is 5.62. The van der Waals surface area contributed by atoms with Gasteiger partial charge in [-0.1, -0.05) is 13.5 Å². The molecule has 0 bridgehead atoms. The van der Waals surface area contributed by atoms with Crippen LogP contribution < -0.4 is 5.32 Å². The minimum Gasteiger partial charge on any atom is -0.352 e. The average molecular weight is 307 g/mol. The van der Waals surface area contributed by atoms with E-state index in [-0.39, 0.29) is 23.9 Å². The highest BCUT2D eigenvalue weighted by Crippen LogP contribution is 2.36. The van der Waals surface area contributed by atoms with Gasteiger partial charge in [-0.15, -0.1) is 0 Å². The van der Waals surface area contributed by atoms with Crippen LogP contribution in [0.5, 0.6) is 0 Å². The predicted molar refractivity (Wildman–Crippen MR) is 87.3 cm³/mol. The molecule has 124 valence electrons. The molecule has 5 nitrogen and oxygen atoms in total. The van der Waals surface area contributed by atoms with Crippen LogP contribution in [0.4, 0.5) is 0 Å². The van der Waals surface area contributed by atoms with Crippen LogP contribution in [0, 0.1) is 11.8 Å². The molecule has 1 N–H and O–H groups in total. The van der Waals surface area contributed by atoms with E-state index < -0.39 is 0 Å². The van der Waals surface area contributed by atoms with Gasteiger partial charge in [0.25, 0.3) is 0 Å². The summed E-state index contributed by atoms with van der Waals surface area (Å²) in [6.07, 6.45) is 5.32. The molecule has 0 aromatic heterocycles. The zero-order valence-corrected chi connectivity index (χ0v) is 14.0. The largest absolute Gasteiger partial charge is 0.352 e. The van der Waals surface area contributed by atoms with Crippen LogP contribution >= 0.6 is 0 Å². The standard InChI is InChI=1S/C17H29N3O2/c1-5-15(19(3)4)17(22)18-14-8-7-12-10-20(16(21)6-2)11-13(12)9-14/h6,12-15H,2,5,7-11H2,1,3-4H3,(H,18,22)/t12?,13?,14?,15-/m0/s1. The van der Waals surface area contributed by atoms with E-state index >= 15 is 0 Å². The summed E-state index contributed by atoms with van der Waals surface area (Å²) in [4.78, 5) is 28.0. The number of hydrogen-bond acceptors (Lipinski definition) is 3. The number of carbonyl (C=O) groups is 2. The summed E-state index contributed by atoms with van der Waals surface area (Å²) >= 11 is 0. The first-order chi connectivity index (χ1) is 10.5. The number of nitrogens with zero attached hydrogens (tertiary/aromatic N) is 2. The van der Waals surface area contributed by atoms with Crippen molar-refractivity contribution in [2.24, 2.45) is 11.8 Å². The third kappa shape index (κ3) is 3.69. The Morgan fingerprint density at radius 1 is 1.32 bits per heavy atom. The van der Waals surface area contributed by atoms with Crippen LogP contribution in [0.1, 0.15) is 32.6 Å². The summed E-state index contributed by atoms with van der Waals surface area (Å²) in [5.41, 5.74) is 0. The lowest BCUT2D eigenvalue weighted by molar-refractivity contribution is -0.127. The highest BCUT2D eigenvalue weighted by atomic mass is 16.2. The van der Waals surface area contributed by atoms with E-state index in [0.717, 1.165) is 38.8 Å². The van der Waals surface area contributed by atoms with Crippen molar-refractivity contribution in [3.8, 4) is 0 Å². The molecule has 1 aliphatic carbocycles. The summed E-state index contributed by atoms with van der Waals surface area (Å²) < 4.78 is 0. The Labute approximate surface area is 133 Å². The molecular formula is C17H29N3O2. The number of likely N-dealkylation sites (N-methyl/N-ethyl adjacent to an activating group) is 1. The maximum atomic E-state index is 12.4. The monoisotopic (exact) mass is 307 g/mol. The highest BCUT2D eigenvalue weighted by molar-refractivity contribution is 5.87. The van der Waals surface area contributed by atoms with Crippen molar-refractivity contribution in [1.29, 1.82) is 0 Å². The first kappa shape index (κ1) is 17.0. The molecule has 0 spiro atoms. The van der Waals surface area contributed by atoms with E-state index in [1.54, 1.807) is 0 Å². The third-order valence-electron chi connectivity index (χ3n) is 5.20. The number of rotatable bonds is 5. The molecule has 1 heterocycles. The van der Waals surface area contributed by atoms with Crippen LogP contribution in [0.25, 0.3) is 0 Å². The second-order valence-electron chi connectivity index (χ2n) is 6.87. The summed E-state index contributed by atoms with van der Waals surface area (Å²) in [6, 6.07) is 0.196. The van der Waals surface area contributed by atoms with Gasteiger partial charge in [0.05, 0.1) is 6.04 Å². The van der Waals surface area contributed by atoms with Gasteiger partial charge in [0.2, 0.25) is 11.8 Å². The Hall–Kier alpha value is -1.36. The molecule has 1 saturated carbocycles. The van der Waals surface area contributed by atoms with Gasteiger partial charge in [0.15, 0.2) is 0 Å². The van der Waals surface area contributed by atoms with E-state index in [4.69, 9.17) is 0 Å². The molecule has 22 heavy (non-hydrogen) atoms. The van der Waals surface area contributed by atoms with E-state index in [1.807, 2.05) is 30.8 Å². The van der Waals surface area contributed by atoms with Crippen LogP contribution in [0.2, 0.25) is 0 Å². The van der Waals surface area contributed by atoms with Crippen LogP contribution in [-0.2, 0) is 9.59 Å². The Balaban J connectivity index is 1.88. The molecule has 2 aliphatic rings. The number of amides is 2. The Bertz CT molecular complexity index is 436. The van der Waals surface area contributed by atoms with Crippen LogP contribution in [0.3, 0.4) is 0 Å². The molecule has 1 saturated heterocycles. The van der Waals surface area contributed by atoms with Crippen molar-refractivity contribution in [3.63, 3.8) is 0 Å². The molecule has 2 rings (SSSR count). The van der Waals surface area contributed by atoms with E-state index in [1.165, 1.54) is 6.08 Å². The summed E-state index contributed by atoms with van der Waals surface area (Å²) in [5.74, 6) is 1.27. The molecule has 0 aromatic rings. The van der Waals surface area contributed by atoms with Gasteiger partial charge in [0, 0.05) is 19.1 Å². The molecule has 4 atom stereocenters. The molecule has 5 heteroatoms. The molecule has 0 aromatic carbocycles. The van der Waals surface area contributed by atoms with Gasteiger partial charge in [-0.25, -0.2) is 0 Å². The number of carbonyl (C=O) groups excluding carboxylic acids is 2. The second kappa shape index (κ2) is 7.27. The lowest BCUT2D eigenvalue weighted by Crippen LogP contribution is -2.48. The number of likely N-dealkylation sites (tertiary alicyclic amines) is 1. The fourth-order valence-corrected chi connectivity index (χ4v) is 3.95. The summed E-state index contributed by atoms with van der Waals surface area (Å²) in [7, 11) is 3.89. The van der Waals surface area contributed by atoms with Gasteiger partial charge in [-0.2, -0.15) is 0 Å². The van der Waals surface area contributed by atoms with Crippen molar-refractivity contribution in [1.82, 2.24) is 15.1 Å². The maximum absolute atomic E-state index is 12.4. The maximum Gasteiger partial charge on any atom is 0.245 e. The van der Waals surface area contributed by atoms with Crippen LogP contribution in [0.15, 0.2) is 12.7 Å². The zero-order valence-electron chi connectivity index (χ0n) is 14.0. The van der Waals surface area contributed by atoms with E-state index in [2.05, 4.69) is 11.9 Å². The highest BCUT2D eigenvalue weighted by Gasteiger charge is 2.39. The molecule has 3 unspecified atom stereocenters. The Morgan fingerprint density at radius 2 is 2.00 bits per heavy atom. The number of hydrogen-bond donors (Lipinski definition) is 1. The fraction of sp³-hybridized carbons (Fsp3) is 0.765.